The predicted molar refractivity (Wildman–Crippen MR) is 100 cm³/mol. The van der Waals surface area contributed by atoms with E-state index in [0.29, 0.717) is 12.6 Å². The van der Waals surface area contributed by atoms with E-state index >= 15 is 0 Å². The molecule has 4 rings (SSSR count). The van der Waals surface area contributed by atoms with Crippen LogP contribution >= 0.6 is 0 Å². The average molecular weight is 372 g/mol. The average Bonchev–Trinajstić information content (AvgIpc) is 2.97. The van der Waals surface area contributed by atoms with Gasteiger partial charge in [-0.2, -0.15) is 0 Å². The number of piperidine rings is 2. The second-order valence-corrected chi connectivity index (χ2v) is 8.10. The lowest BCUT2D eigenvalue weighted by Gasteiger charge is -2.44. The van der Waals surface area contributed by atoms with Crippen LogP contribution < -0.4 is 0 Å². The maximum absolute atomic E-state index is 12.4. The molecule has 2 bridgehead atoms. The van der Waals surface area contributed by atoms with Crippen molar-refractivity contribution in [2.45, 2.75) is 63.3 Å². The van der Waals surface area contributed by atoms with Crippen LogP contribution in [-0.2, 0) is 16.1 Å². The van der Waals surface area contributed by atoms with Crippen molar-refractivity contribution in [3.63, 3.8) is 0 Å². The lowest BCUT2D eigenvalue weighted by atomic mass is 9.91. The highest BCUT2D eigenvalue weighted by Crippen LogP contribution is 2.38. The Morgan fingerprint density at radius 3 is 2.19 bits per heavy atom. The van der Waals surface area contributed by atoms with Gasteiger partial charge >= 0.3 is 12.1 Å². The van der Waals surface area contributed by atoms with Crippen molar-refractivity contribution in [1.29, 1.82) is 0 Å². The first-order valence-electron chi connectivity index (χ1n) is 10.1. The number of nitrogens with zero attached hydrogens (tertiary/aromatic N) is 2. The van der Waals surface area contributed by atoms with E-state index in [0.717, 1.165) is 57.2 Å². The molecule has 0 aromatic heterocycles. The molecular formula is C21H28N2O4. The van der Waals surface area contributed by atoms with Crippen LogP contribution in [0.5, 0.6) is 0 Å². The molecule has 0 unspecified atom stereocenters. The minimum absolute atomic E-state index is 0.0132. The molecule has 0 saturated carbocycles. The quantitative estimate of drug-likeness (QED) is 0.823. The van der Waals surface area contributed by atoms with Gasteiger partial charge in [0, 0.05) is 18.1 Å². The summed E-state index contributed by atoms with van der Waals surface area (Å²) in [6.07, 6.45) is 4.77. The number of hydrogen-bond donors (Lipinski definition) is 1. The molecule has 3 saturated heterocycles. The first-order valence-corrected chi connectivity index (χ1v) is 10.1. The molecule has 0 spiro atoms. The molecule has 1 amide bonds. The van der Waals surface area contributed by atoms with E-state index in [1.54, 1.807) is 4.90 Å². The lowest BCUT2D eigenvalue weighted by molar-refractivity contribution is -0.151. The van der Waals surface area contributed by atoms with Gasteiger partial charge < -0.3 is 19.6 Å². The fraction of sp³-hybridized carbons (Fsp3) is 0.619. The number of ether oxygens (including phenoxy) is 1. The van der Waals surface area contributed by atoms with Crippen LogP contribution in [0.4, 0.5) is 4.79 Å². The zero-order valence-electron chi connectivity index (χ0n) is 15.6. The molecule has 3 fully saturated rings. The van der Waals surface area contributed by atoms with E-state index in [2.05, 4.69) is 4.90 Å². The summed E-state index contributed by atoms with van der Waals surface area (Å²) >= 11 is 0. The maximum Gasteiger partial charge on any atom is 0.407 e. The van der Waals surface area contributed by atoms with Crippen LogP contribution in [-0.4, -0.2) is 58.2 Å². The largest absolute Gasteiger partial charge is 0.465 e. The van der Waals surface area contributed by atoms with E-state index in [-0.39, 0.29) is 24.0 Å². The molecule has 27 heavy (non-hydrogen) atoms. The summed E-state index contributed by atoms with van der Waals surface area (Å²) < 4.78 is 5.50. The second kappa shape index (κ2) is 7.89. The van der Waals surface area contributed by atoms with Gasteiger partial charge in [0.25, 0.3) is 0 Å². The van der Waals surface area contributed by atoms with Gasteiger partial charge in [0.2, 0.25) is 0 Å². The summed E-state index contributed by atoms with van der Waals surface area (Å²) in [5, 5.41) is 9.41. The first-order chi connectivity index (χ1) is 13.1. The van der Waals surface area contributed by atoms with Crippen molar-refractivity contribution in [1.82, 2.24) is 9.80 Å². The molecular weight excluding hydrogens is 344 g/mol. The fourth-order valence-electron chi connectivity index (χ4n) is 5.11. The Morgan fingerprint density at radius 1 is 0.963 bits per heavy atom. The Morgan fingerprint density at radius 2 is 1.59 bits per heavy atom. The molecule has 6 heteroatoms. The Hall–Kier alpha value is -2.08. The van der Waals surface area contributed by atoms with Gasteiger partial charge in [0.15, 0.2) is 0 Å². The van der Waals surface area contributed by atoms with Gasteiger partial charge in [-0.1, -0.05) is 30.3 Å². The minimum Gasteiger partial charge on any atom is -0.465 e. The molecule has 1 aromatic rings. The Kier molecular flexibility index (Phi) is 5.34. The topological polar surface area (TPSA) is 70.1 Å². The standard InChI is InChI=1S/C21H28N2O4/c24-20(27-14-15-4-2-1-3-5-15)16-8-10-22(11-9-16)19-12-17-6-7-18(13-19)23(17)21(25)26/h1-5,16-19H,6-14H2,(H,25,26)/t17-,18+,19+. The predicted octanol–water partition coefficient (Wildman–Crippen LogP) is 3.12. The van der Waals surface area contributed by atoms with Gasteiger partial charge in [-0.05, 0) is 57.2 Å². The van der Waals surface area contributed by atoms with Gasteiger partial charge in [-0.3, -0.25) is 4.79 Å². The van der Waals surface area contributed by atoms with Crippen molar-refractivity contribution in [3.05, 3.63) is 35.9 Å². The van der Waals surface area contributed by atoms with Gasteiger partial charge in [-0.25, -0.2) is 4.79 Å². The third kappa shape index (κ3) is 3.95. The van der Waals surface area contributed by atoms with Crippen molar-refractivity contribution in [3.8, 4) is 0 Å². The number of esters is 1. The molecule has 146 valence electrons. The Balaban J connectivity index is 1.25. The molecule has 0 aliphatic carbocycles. The number of benzene rings is 1. The molecule has 3 atom stereocenters. The SMILES string of the molecule is O=C(OCc1ccccc1)C1CCN([C@H]2C[C@H]3CC[C@@H](C2)N3C(=O)O)CC1. The first kappa shape index (κ1) is 18.3. The third-order valence-electron chi connectivity index (χ3n) is 6.53. The molecule has 3 heterocycles. The smallest absolute Gasteiger partial charge is 0.407 e. The fourth-order valence-corrected chi connectivity index (χ4v) is 5.11. The number of likely N-dealkylation sites (tertiary alicyclic amines) is 1. The van der Waals surface area contributed by atoms with Crippen molar-refractivity contribution < 1.29 is 19.4 Å². The summed E-state index contributed by atoms with van der Waals surface area (Å²) in [5.41, 5.74) is 1.02. The number of amides is 1. The molecule has 6 nitrogen and oxygen atoms in total. The van der Waals surface area contributed by atoms with E-state index in [1.807, 2.05) is 30.3 Å². The lowest BCUT2D eigenvalue weighted by Crippen LogP contribution is -2.53. The molecule has 3 aliphatic heterocycles. The normalized spacial score (nSPS) is 28.9. The van der Waals surface area contributed by atoms with Crippen molar-refractivity contribution in [2.75, 3.05) is 13.1 Å². The second-order valence-electron chi connectivity index (χ2n) is 8.10. The molecule has 1 aromatic carbocycles. The number of fused-ring (bicyclic) bond motifs is 2. The Labute approximate surface area is 160 Å². The van der Waals surface area contributed by atoms with Crippen LogP contribution in [0.15, 0.2) is 30.3 Å². The molecule has 0 radical (unpaired) electrons. The van der Waals surface area contributed by atoms with Crippen LogP contribution in [0, 0.1) is 5.92 Å². The summed E-state index contributed by atoms with van der Waals surface area (Å²) in [6, 6.07) is 10.6. The van der Waals surface area contributed by atoms with Crippen LogP contribution in [0.2, 0.25) is 0 Å². The van der Waals surface area contributed by atoms with Gasteiger partial charge in [0.1, 0.15) is 6.61 Å². The third-order valence-corrected chi connectivity index (χ3v) is 6.53. The van der Waals surface area contributed by atoms with Crippen molar-refractivity contribution in [2.24, 2.45) is 5.92 Å². The van der Waals surface area contributed by atoms with E-state index in [4.69, 9.17) is 4.74 Å². The Bertz CT molecular complexity index is 658. The van der Waals surface area contributed by atoms with Crippen LogP contribution in [0.3, 0.4) is 0 Å². The highest BCUT2D eigenvalue weighted by molar-refractivity contribution is 5.72. The minimum atomic E-state index is -0.763. The summed E-state index contributed by atoms with van der Waals surface area (Å²) in [4.78, 5) is 28.0. The zero-order chi connectivity index (χ0) is 18.8. The summed E-state index contributed by atoms with van der Waals surface area (Å²) in [5.74, 6) is -0.0972. The van der Waals surface area contributed by atoms with Crippen molar-refractivity contribution >= 4 is 12.1 Å². The van der Waals surface area contributed by atoms with Crippen LogP contribution in [0.25, 0.3) is 0 Å². The molecule has 3 aliphatic rings. The number of carbonyl (C=O) groups excluding carboxylic acids is 1. The van der Waals surface area contributed by atoms with E-state index in [1.165, 1.54) is 0 Å². The monoisotopic (exact) mass is 372 g/mol. The number of carboxylic acid groups (broad SMARTS) is 1. The highest BCUT2D eigenvalue weighted by Gasteiger charge is 2.45. The summed E-state index contributed by atoms with van der Waals surface area (Å²) in [6.45, 7) is 2.15. The van der Waals surface area contributed by atoms with Crippen LogP contribution in [0.1, 0.15) is 44.1 Å². The van der Waals surface area contributed by atoms with E-state index < -0.39 is 6.09 Å². The molecule has 1 N–H and O–H groups in total. The van der Waals surface area contributed by atoms with Gasteiger partial charge in [0.05, 0.1) is 5.92 Å². The highest BCUT2D eigenvalue weighted by atomic mass is 16.5. The zero-order valence-corrected chi connectivity index (χ0v) is 15.6. The van der Waals surface area contributed by atoms with Gasteiger partial charge in [-0.15, -0.1) is 0 Å². The van der Waals surface area contributed by atoms with E-state index in [9.17, 15) is 14.7 Å². The number of carbonyl (C=O) groups is 2. The number of hydrogen-bond acceptors (Lipinski definition) is 4. The maximum atomic E-state index is 12.4. The summed E-state index contributed by atoms with van der Waals surface area (Å²) in [7, 11) is 0. The number of rotatable bonds is 4.